The van der Waals surface area contributed by atoms with Crippen molar-refractivity contribution in [3.8, 4) is 0 Å². The molecule has 0 bridgehead atoms. The number of nitrogens with one attached hydrogen (secondary N) is 1. The summed E-state index contributed by atoms with van der Waals surface area (Å²) in [6.45, 7) is 8.55. The standard InChI is InChI=1S/C14H24N4O4/c1-5-12(14(19)15-7-6-8-22-10(2)3)17-11(4)9-13(16-17)18(20)21/h9-10,12H,5-8H2,1-4H3,(H,15,19). The van der Waals surface area contributed by atoms with E-state index in [1.54, 1.807) is 6.92 Å². The van der Waals surface area contributed by atoms with E-state index in [9.17, 15) is 14.9 Å². The van der Waals surface area contributed by atoms with Gasteiger partial charge in [-0.15, -0.1) is 0 Å². The summed E-state index contributed by atoms with van der Waals surface area (Å²) < 4.78 is 6.81. The average molecular weight is 312 g/mol. The number of carbonyl (C=O) groups is 1. The van der Waals surface area contributed by atoms with Crippen LogP contribution in [0, 0.1) is 17.0 Å². The maximum absolute atomic E-state index is 12.2. The second kappa shape index (κ2) is 8.47. The molecule has 1 aromatic heterocycles. The lowest BCUT2D eigenvalue weighted by molar-refractivity contribution is -0.389. The number of carbonyl (C=O) groups excluding carboxylic acids is 1. The molecule has 0 saturated heterocycles. The van der Waals surface area contributed by atoms with E-state index in [0.717, 1.165) is 6.42 Å². The number of aryl methyl sites for hydroxylation is 1. The highest BCUT2D eigenvalue weighted by atomic mass is 16.6. The fourth-order valence-electron chi connectivity index (χ4n) is 2.07. The Morgan fingerprint density at radius 3 is 2.73 bits per heavy atom. The number of amides is 1. The highest BCUT2D eigenvalue weighted by molar-refractivity contribution is 5.80. The van der Waals surface area contributed by atoms with E-state index in [1.807, 2.05) is 20.8 Å². The first-order valence-electron chi connectivity index (χ1n) is 7.46. The molecule has 1 heterocycles. The number of ether oxygens (including phenoxy) is 1. The second-order valence-corrected chi connectivity index (χ2v) is 5.33. The maximum atomic E-state index is 12.2. The summed E-state index contributed by atoms with van der Waals surface area (Å²) >= 11 is 0. The Kier molecular flexibility index (Phi) is 6.97. The molecule has 0 spiro atoms. The van der Waals surface area contributed by atoms with E-state index < -0.39 is 11.0 Å². The smallest absolute Gasteiger partial charge is 0.379 e. The molecular weight excluding hydrogens is 288 g/mol. The molecule has 8 nitrogen and oxygen atoms in total. The fraction of sp³-hybridized carbons (Fsp3) is 0.714. The third-order valence-electron chi connectivity index (χ3n) is 3.15. The van der Waals surface area contributed by atoms with Crippen LogP contribution in [0.3, 0.4) is 0 Å². The highest BCUT2D eigenvalue weighted by Gasteiger charge is 2.26. The summed E-state index contributed by atoms with van der Waals surface area (Å²) in [5.74, 6) is -0.428. The van der Waals surface area contributed by atoms with Crippen molar-refractivity contribution in [2.24, 2.45) is 0 Å². The van der Waals surface area contributed by atoms with Gasteiger partial charge in [-0.3, -0.25) is 4.79 Å². The molecule has 1 atom stereocenters. The molecule has 0 radical (unpaired) electrons. The largest absolute Gasteiger partial charge is 0.390 e. The minimum Gasteiger partial charge on any atom is -0.379 e. The van der Waals surface area contributed by atoms with Gasteiger partial charge in [0.1, 0.15) is 0 Å². The van der Waals surface area contributed by atoms with Gasteiger partial charge in [-0.1, -0.05) is 6.92 Å². The molecule has 0 fully saturated rings. The van der Waals surface area contributed by atoms with E-state index >= 15 is 0 Å². The normalized spacial score (nSPS) is 12.4. The summed E-state index contributed by atoms with van der Waals surface area (Å²) in [5.41, 5.74) is 0.594. The van der Waals surface area contributed by atoms with Crippen LogP contribution in [0.2, 0.25) is 0 Å². The van der Waals surface area contributed by atoms with Gasteiger partial charge < -0.3 is 20.2 Å². The number of rotatable bonds is 9. The molecule has 1 rings (SSSR count). The van der Waals surface area contributed by atoms with Gasteiger partial charge in [0.15, 0.2) is 6.04 Å². The topological polar surface area (TPSA) is 99.3 Å². The third kappa shape index (κ3) is 5.10. The maximum Gasteiger partial charge on any atom is 0.390 e. The summed E-state index contributed by atoms with van der Waals surface area (Å²) in [5, 5.41) is 17.5. The van der Waals surface area contributed by atoms with Gasteiger partial charge in [-0.05, 0) is 38.5 Å². The Bertz CT molecular complexity index is 513. The number of hydrogen-bond donors (Lipinski definition) is 1. The molecule has 1 N–H and O–H groups in total. The Balaban J connectivity index is 2.59. The predicted molar refractivity (Wildman–Crippen MR) is 81.7 cm³/mol. The molecule has 0 saturated carbocycles. The Morgan fingerprint density at radius 2 is 2.23 bits per heavy atom. The molecule has 8 heteroatoms. The Morgan fingerprint density at radius 1 is 1.55 bits per heavy atom. The van der Waals surface area contributed by atoms with Crippen molar-refractivity contribution in [1.82, 2.24) is 15.1 Å². The average Bonchev–Trinajstić information content (AvgIpc) is 2.81. The van der Waals surface area contributed by atoms with E-state index in [2.05, 4.69) is 10.4 Å². The van der Waals surface area contributed by atoms with Gasteiger partial charge in [-0.25, -0.2) is 0 Å². The van der Waals surface area contributed by atoms with Gasteiger partial charge >= 0.3 is 5.82 Å². The molecule has 1 unspecified atom stereocenters. The van der Waals surface area contributed by atoms with Crippen LogP contribution in [0.25, 0.3) is 0 Å². The SMILES string of the molecule is CCC(C(=O)NCCCOC(C)C)n1nc([N+](=O)[O-])cc1C. The lowest BCUT2D eigenvalue weighted by Crippen LogP contribution is -2.34. The first-order chi connectivity index (χ1) is 10.4. The van der Waals surface area contributed by atoms with Crippen LogP contribution in [0.4, 0.5) is 5.82 Å². The summed E-state index contributed by atoms with van der Waals surface area (Å²) in [6, 6.07) is 0.826. The molecule has 0 aliphatic carbocycles. The van der Waals surface area contributed by atoms with Crippen molar-refractivity contribution >= 4 is 11.7 Å². The van der Waals surface area contributed by atoms with Crippen molar-refractivity contribution in [2.45, 2.75) is 52.7 Å². The third-order valence-corrected chi connectivity index (χ3v) is 3.15. The zero-order valence-electron chi connectivity index (χ0n) is 13.5. The lowest BCUT2D eigenvalue weighted by Gasteiger charge is -2.14. The van der Waals surface area contributed by atoms with Gasteiger partial charge in [-0.2, -0.15) is 4.68 Å². The monoisotopic (exact) mass is 312 g/mol. The van der Waals surface area contributed by atoms with Gasteiger partial charge in [0.2, 0.25) is 5.91 Å². The lowest BCUT2D eigenvalue weighted by atomic mass is 10.2. The number of aromatic nitrogens is 2. The fourth-order valence-corrected chi connectivity index (χ4v) is 2.07. The molecule has 1 aromatic rings. The summed E-state index contributed by atoms with van der Waals surface area (Å²) in [7, 11) is 0. The Labute approximate surface area is 130 Å². The van der Waals surface area contributed by atoms with Gasteiger partial charge in [0, 0.05) is 13.2 Å². The highest BCUT2D eigenvalue weighted by Crippen LogP contribution is 2.18. The van der Waals surface area contributed by atoms with Crippen LogP contribution in [-0.2, 0) is 9.53 Å². The van der Waals surface area contributed by atoms with E-state index in [0.29, 0.717) is 25.3 Å². The van der Waals surface area contributed by atoms with Crippen LogP contribution in [0.15, 0.2) is 6.07 Å². The van der Waals surface area contributed by atoms with Gasteiger partial charge in [0.25, 0.3) is 0 Å². The summed E-state index contributed by atoms with van der Waals surface area (Å²) in [6.07, 6.45) is 1.40. The molecule has 0 aromatic carbocycles. The molecule has 0 aliphatic heterocycles. The minimum atomic E-state index is -0.558. The van der Waals surface area contributed by atoms with Crippen LogP contribution >= 0.6 is 0 Å². The van der Waals surface area contributed by atoms with Crippen LogP contribution in [0.1, 0.15) is 45.3 Å². The first-order valence-corrected chi connectivity index (χ1v) is 7.46. The van der Waals surface area contributed by atoms with Crippen molar-refractivity contribution in [3.05, 3.63) is 21.9 Å². The van der Waals surface area contributed by atoms with Crippen LogP contribution < -0.4 is 5.32 Å². The molecule has 124 valence electrons. The summed E-state index contributed by atoms with van der Waals surface area (Å²) in [4.78, 5) is 22.4. The number of nitrogens with zero attached hydrogens (tertiary/aromatic N) is 3. The van der Waals surface area contributed by atoms with Crippen molar-refractivity contribution in [1.29, 1.82) is 0 Å². The van der Waals surface area contributed by atoms with Crippen LogP contribution in [-0.4, -0.2) is 39.9 Å². The van der Waals surface area contributed by atoms with E-state index in [1.165, 1.54) is 10.7 Å². The zero-order chi connectivity index (χ0) is 16.7. The molecule has 1 amide bonds. The molecule has 0 aliphatic rings. The zero-order valence-corrected chi connectivity index (χ0v) is 13.5. The minimum absolute atomic E-state index is 0.173. The van der Waals surface area contributed by atoms with E-state index in [4.69, 9.17) is 4.74 Å². The van der Waals surface area contributed by atoms with E-state index in [-0.39, 0.29) is 17.8 Å². The number of hydrogen-bond acceptors (Lipinski definition) is 5. The molecule has 22 heavy (non-hydrogen) atoms. The van der Waals surface area contributed by atoms with Crippen molar-refractivity contribution in [2.75, 3.05) is 13.2 Å². The van der Waals surface area contributed by atoms with Crippen molar-refractivity contribution < 1.29 is 14.5 Å². The molecular formula is C14H24N4O4. The first kappa shape index (κ1) is 18.1. The van der Waals surface area contributed by atoms with Crippen LogP contribution in [0.5, 0.6) is 0 Å². The quantitative estimate of drug-likeness (QED) is 0.427. The number of nitro groups is 1. The second-order valence-electron chi connectivity index (χ2n) is 5.33. The Hall–Kier alpha value is -1.96. The van der Waals surface area contributed by atoms with Crippen molar-refractivity contribution in [3.63, 3.8) is 0 Å². The van der Waals surface area contributed by atoms with Gasteiger partial charge in [0.05, 0.1) is 23.0 Å². The predicted octanol–water partition coefficient (Wildman–Crippen LogP) is 1.98.